The van der Waals surface area contributed by atoms with E-state index in [-0.39, 0.29) is 13.0 Å². The van der Waals surface area contributed by atoms with E-state index in [4.69, 9.17) is 4.74 Å². The molecule has 2 amide bonds. The highest BCUT2D eigenvalue weighted by Gasteiger charge is 2.36. The van der Waals surface area contributed by atoms with Crippen molar-refractivity contribution in [1.82, 2.24) is 4.90 Å². The number of ether oxygens (including phenoxy) is 1. The van der Waals surface area contributed by atoms with Crippen molar-refractivity contribution in [1.29, 1.82) is 0 Å². The molecule has 1 heterocycles. The van der Waals surface area contributed by atoms with Gasteiger partial charge in [-0.05, 0) is 12.5 Å². The zero-order valence-corrected chi connectivity index (χ0v) is 11.1. The molecule has 5 nitrogen and oxygen atoms in total. The summed E-state index contributed by atoms with van der Waals surface area (Å²) in [6, 6.07) is 8.28. The number of hydrogen-bond acceptors (Lipinski definition) is 4. The molecule has 0 saturated heterocycles. The van der Waals surface area contributed by atoms with Crippen LogP contribution in [0.4, 0.5) is 0 Å². The third-order valence-electron chi connectivity index (χ3n) is 2.99. The van der Waals surface area contributed by atoms with E-state index < -0.39 is 23.8 Å². The fourth-order valence-corrected chi connectivity index (χ4v) is 2.07. The number of imide groups is 1. The van der Waals surface area contributed by atoms with Crippen LogP contribution in [0.2, 0.25) is 0 Å². The maximum atomic E-state index is 12.0. The predicted molar refractivity (Wildman–Crippen MR) is 71.6 cm³/mol. The number of esters is 1. The highest BCUT2D eigenvalue weighted by molar-refractivity contribution is 6.14. The molecular formula is C15H15NO4. The molecule has 0 bridgehead atoms. The molecule has 5 heteroatoms. The van der Waals surface area contributed by atoms with Crippen LogP contribution in [0.1, 0.15) is 12.5 Å². The predicted octanol–water partition coefficient (Wildman–Crippen LogP) is 1.09. The lowest BCUT2D eigenvalue weighted by Gasteiger charge is -2.24. The highest BCUT2D eigenvalue weighted by atomic mass is 16.5. The van der Waals surface area contributed by atoms with E-state index in [1.807, 2.05) is 30.3 Å². The third kappa shape index (κ3) is 2.93. The van der Waals surface area contributed by atoms with Crippen LogP contribution in [0, 0.1) is 0 Å². The summed E-state index contributed by atoms with van der Waals surface area (Å²) < 4.78 is 4.97. The van der Waals surface area contributed by atoms with Crippen LogP contribution in [0.3, 0.4) is 0 Å². The van der Waals surface area contributed by atoms with Crippen molar-refractivity contribution in [2.24, 2.45) is 0 Å². The van der Waals surface area contributed by atoms with Crippen LogP contribution in [-0.4, -0.2) is 35.3 Å². The van der Waals surface area contributed by atoms with Gasteiger partial charge in [0.15, 0.2) is 0 Å². The topological polar surface area (TPSA) is 63.7 Å². The van der Waals surface area contributed by atoms with Crippen molar-refractivity contribution >= 4 is 17.8 Å². The maximum absolute atomic E-state index is 12.0. The minimum Gasteiger partial charge on any atom is -0.464 e. The van der Waals surface area contributed by atoms with Gasteiger partial charge in [0.2, 0.25) is 0 Å². The molecule has 1 aromatic carbocycles. The van der Waals surface area contributed by atoms with Gasteiger partial charge >= 0.3 is 5.97 Å². The van der Waals surface area contributed by atoms with Crippen molar-refractivity contribution in [3.05, 3.63) is 48.0 Å². The number of rotatable bonds is 5. The van der Waals surface area contributed by atoms with E-state index in [1.165, 1.54) is 12.2 Å². The van der Waals surface area contributed by atoms with E-state index in [0.29, 0.717) is 0 Å². The lowest BCUT2D eigenvalue weighted by molar-refractivity contribution is -0.157. The number of hydrogen-bond donors (Lipinski definition) is 0. The van der Waals surface area contributed by atoms with E-state index in [9.17, 15) is 14.4 Å². The molecule has 20 heavy (non-hydrogen) atoms. The van der Waals surface area contributed by atoms with Gasteiger partial charge in [0.05, 0.1) is 6.61 Å². The summed E-state index contributed by atoms with van der Waals surface area (Å²) in [5.74, 6) is -1.53. The summed E-state index contributed by atoms with van der Waals surface area (Å²) in [6.07, 6.45) is 2.58. The molecule has 1 aromatic rings. The Hall–Kier alpha value is -2.43. The summed E-state index contributed by atoms with van der Waals surface area (Å²) in [4.78, 5) is 36.5. The first-order valence-corrected chi connectivity index (χ1v) is 6.39. The van der Waals surface area contributed by atoms with Gasteiger partial charge in [-0.15, -0.1) is 0 Å². The molecule has 2 rings (SSSR count). The molecule has 0 fully saturated rings. The summed E-state index contributed by atoms with van der Waals surface area (Å²) >= 11 is 0. The normalized spacial score (nSPS) is 15.6. The SMILES string of the molecule is CCOC(=O)[C@H](Cc1ccccc1)N1C(=O)C=CC1=O. The van der Waals surface area contributed by atoms with Crippen molar-refractivity contribution in [3.63, 3.8) is 0 Å². The molecule has 104 valence electrons. The second-order valence-electron chi connectivity index (χ2n) is 4.34. The van der Waals surface area contributed by atoms with Crippen LogP contribution in [0.25, 0.3) is 0 Å². The molecule has 0 aromatic heterocycles. The average Bonchev–Trinajstić information content (AvgIpc) is 2.77. The monoisotopic (exact) mass is 273 g/mol. The first kappa shape index (κ1) is 14.0. The summed E-state index contributed by atoms with van der Waals surface area (Å²) in [6.45, 7) is 1.89. The Kier molecular flexibility index (Phi) is 4.30. The Morgan fingerprint density at radius 2 is 1.75 bits per heavy atom. The van der Waals surface area contributed by atoms with Gasteiger partial charge in [0, 0.05) is 18.6 Å². The van der Waals surface area contributed by atoms with E-state index in [1.54, 1.807) is 6.92 Å². The van der Waals surface area contributed by atoms with E-state index in [0.717, 1.165) is 10.5 Å². The van der Waals surface area contributed by atoms with Crippen molar-refractivity contribution in [3.8, 4) is 0 Å². The van der Waals surface area contributed by atoms with Gasteiger partial charge in [-0.2, -0.15) is 0 Å². The van der Waals surface area contributed by atoms with Crippen LogP contribution >= 0.6 is 0 Å². The van der Waals surface area contributed by atoms with Crippen molar-refractivity contribution < 1.29 is 19.1 Å². The van der Waals surface area contributed by atoms with Gasteiger partial charge in [-0.3, -0.25) is 14.5 Å². The van der Waals surface area contributed by atoms with Crippen LogP contribution in [0.5, 0.6) is 0 Å². The van der Waals surface area contributed by atoms with Crippen LogP contribution < -0.4 is 0 Å². The maximum Gasteiger partial charge on any atom is 0.329 e. The van der Waals surface area contributed by atoms with Gasteiger partial charge in [-0.25, -0.2) is 4.79 Å². The fourth-order valence-electron chi connectivity index (χ4n) is 2.07. The Labute approximate surface area is 116 Å². The molecule has 0 aliphatic carbocycles. The Balaban J connectivity index is 2.23. The molecule has 0 spiro atoms. The van der Waals surface area contributed by atoms with E-state index >= 15 is 0 Å². The van der Waals surface area contributed by atoms with E-state index in [2.05, 4.69) is 0 Å². The van der Waals surface area contributed by atoms with Gasteiger partial charge < -0.3 is 4.74 Å². The van der Waals surface area contributed by atoms with Gasteiger partial charge in [0.1, 0.15) is 6.04 Å². The minimum absolute atomic E-state index is 0.202. The average molecular weight is 273 g/mol. The second-order valence-corrected chi connectivity index (χ2v) is 4.34. The quantitative estimate of drug-likeness (QED) is 0.595. The molecule has 0 radical (unpaired) electrons. The highest BCUT2D eigenvalue weighted by Crippen LogP contribution is 2.15. The second kappa shape index (κ2) is 6.14. The summed E-state index contributed by atoms with van der Waals surface area (Å²) in [5.41, 5.74) is 0.859. The van der Waals surface area contributed by atoms with Crippen LogP contribution in [-0.2, 0) is 25.5 Å². The smallest absolute Gasteiger partial charge is 0.329 e. The third-order valence-corrected chi connectivity index (χ3v) is 2.99. The van der Waals surface area contributed by atoms with Crippen LogP contribution in [0.15, 0.2) is 42.5 Å². The lowest BCUT2D eigenvalue weighted by atomic mass is 10.0. The zero-order chi connectivity index (χ0) is 14.5. The number of nitrogens with zero attached hydrogens (tertiary/aromatic N) is 1. The molecule has 0 N–H and O–H groups in total. The summed E-state index contributed by atoms with van der Waals surface area (Å²) in [5, 5.41) is 0. The fraction of sp³-hybridized carbons (Fsp3) is 0.267. The molecule has 1 atom stereocenters. The first-order valence-electron chi connectivity index (χ1n) is 6.39. The van der Waals surface area contributed by atoms with Gasteiger partial charge in [0.25, 0.3) is 11.8 Å². The number of benzene rings is 1. The Morgan fingerprint density at radius 3 is 2.30 bits per heavy atom. The van der Waals surface area contributed by atoms with Gasteiger partial charge in [-0.1, -0.05) is 30.3 Å². The molecule has 0 unspecified atom stereocenters. The Morgan fingerprint density at radius 1 is 1.15 bits per heavy atom. The largest absolute Gasteiger partial charge is 0.464 e. The number of carbonyl (C=O) groups excluding carboxylic acids is 3. The molecule has 1 aliphatic heterocycles. The molecular weight excluding hydrogens is 258 g/mol. The zero-order valence-electron chi connectivity index (χ0n) is 11.1. The summed E-state index contributed by atoms with van der Waals surface area (Å²) in [7, 11) is 0. The molecule has 0 saturated carbocycles. The minimum atomic E-state index is -0.924. The first-order chi connectivity index (χ1) is 9.63. The lowest BCUT2D eigenvalue weighted by Crippen LogP contribution is -2.47. The van der Waals surface area contributed by atoms with Crippen molar-refractivity contribution in [2.45, 2.75) is 19.4 Å². The number of carbonyl (C=O) groups is 3. The Bertz CT molecular complexity index is 532. The van der Waals surface area contributed by atoms with Crippen molar-refractivity contribution in [2.75, 3.05) is 6.61 Å². The molecule has 1 aliphatic rings. The number of amides is 2. The standard InChI is InChI=1S/C15H15NO4/c1-2-20-15(19)12(10-11-6-4-3-5-7-11)16-13(17)8-9-14(16)18/h3-9,12H,2,10H2,1H3/t12-/m0/s1.